The van der Waals surface area contributed by atoms with E-state index in [1.165, 1.54) is 307 Å². The maximum Gasteiger partial charge on any atom is -0.0000932 e. The van der Waals surface area contributed by atoms with Crippen molar-refractivity contribution < 1.29 is 0 Å². The van der Waals surface area contributed by atoms with Crippen LogP contribution in [0.25, 0.3) is 241 Å². The summed E-state index contributed by atoms with van der Waals surface area (Å²) in [5.74, 6) is 0. The Hall–Kier alpha value is -14.6. The monoisotopic (exact) mass is 1520 g/mol. The first-order valence-electron chi connectivity index (χ1n) is 42.5. The van der Waals surface area contributed by atoms with Crippen LogP contribution in [-0.2, 0) is 0 Å². The summed E-state index contributed by atoms with van der Waals surface area (Å²) in [6, 6.07) is 132. The van der Waals surface area contributed by atoms with Crippen molar-refractivity contribution in [1.82, 2.24) is 0 Å². The van der Waals surface area contributed by atoms with Gasteiger partial charge in [0.15, 0.2) is 0 Å². The molecule has 0 saturated heterocycles. The summed E-state index contributed by atoms with van der Waals surface area (Å²) in [5, 5.41) is 31.7. The molecule has 0 saturated carbocycles. The van der Waals surface area contributed by atoms with E-state index in [0.29, 0.717) is 0 Å². The van der Waals surface area contributed by atoms with Gasteiger partial charge in [-0.15, -0.1) is 0 Å². The topological polar surface area (TPSA) is 0 Å². The maximum absolute atomic E-state index is 2.52. The molecule has 0 N–H and O–H groups in total. The summed E-state index contributed by atoms with van der Waals surface area (Å²) in [4.78, 5) is 0. The average molecular weight is 1520 g/mol. The van der Waals surface area contributed by atoms with Gasteiger partial charge in [0.05, 0.1) is 0 Å². The molecule has 2 aliphatic rings. The quantitative estimate of drug-likeness (QED) is 0.0946. The van der Waals surface area contributed by atoms with Crippen LogP contribution in [0.4, 0.5) is 0 Å². The van der Waals surface area contributed by atoms with Crippen LogP contribution in [0.2, 0.25) is 0 Å². The van der Waals surface area contributed by atoms with Gasteiger partial charge in [0, 0.05) is 0 Å². The van der Waals surface area contributed by atoms with Crippen molar-refractivity contribution >= 4 is 108 Å². The Morgan fingerprint density at radius 1 is 0.125 bits per heavy atom. The Morgan fingerprint density at radius 3 is 0.625 bits per heavy atom. The number of rotatable bonds is 10. The molecule has 0 aromatic heterocycles. The fourth-order valence-corrected chi connectivity index (χ4v) is 22.6. The van der Waals surface area contributed by atoms with E-state index in [1.807, 2.05) is 0 Å². The first-order valence-corrected chi connectivity index (χ1v) is 42.5. The maximum atomic E-state index is 2.52. The molecular weight excluding hydrogens is 1440 g/mol. The summed E-state index contributed by atoms with van der Waals surface area (Å²) < 4.78 is 0. The van der Waals surface area contributed by atoms with Gasteiger partial charge in [0.2, 0.25) is 0 Å². The van der Waals surface area contributed by atoms with Crippen LogP contribution in [0.1, 0.15) is 44.5 Å². The first-order chi connectivity index (χ1) is 58.9. The highest BCUT2D eigenvalue weighted by Gasteiger charge is 2.38. The van der Waals surface area contributed by atoms with E-state index in [2.05, 4.69) is 395 Å². The molecule has 0 bridgehead atoms. The van der Waals surface area contributed by atoms with Crippen LogP contribution in [0.15, 0.2) is 340 Å². The van der Waals surface area contributed by atoms with Crippen molar-refractivity contribution in [2.45, 2.75) is 55.4 Å². The summed E-state index contributed by atoms with van der Waals surface area (Å²) in [6.07, 6.45) is 0. The van der Waals surface area contributed by atoms with Crippen LogP contribution in [0.3, 0.4) is 0 Å². The third-order valence-corrected chi connectivity index (χ3v) is 27.8. The average Bonchev–Trinajstić information content (AvgIpc) is 1.48. The van der Waals surface area contributed by atoms with E-state index in [0.717, 1.165) is 0 Å². The molecule has 0 heteroatoms. The lowest BCUT2D eigenvalue weighted by atomic mass is 9.74. The van der Waals surface area contributed by atoms with Gasteiger partial charge in [-0.3, -0.25) is 0 Å². The molecule has 23 aromatic rings. The molecule has 25 rings (SSSR count). The van der Waals surface area contributed by atoms with Gasteiger partial charge >= 0.3 is 0 Å². The zero-order valence-electron chi connectivity index (χ0n) is 68.3. The minimum Gasteiger partial charge on any atom is -0.0622 e. The normalized spacial score (nSPS) is 12.3. The van der Waals surface area contributed by atoms with E-state index in [9.17, 15) is 0 Å². The number of benzene rings is 21. The minimum absolute atomic E-state index is 1.18. The Bertz CT molecular complexity index is 8090. The highest BCUT2D eigenvalue weighted by atomic mass is 14.4. The highest BCUT2D eigenvalue weighted by Crippen LogP contribution is 2.65. The molecule has 0 aliphatic heterocycles. The lowest BCUT2D eigenvalue weighted by Gasteiger charge is -2.28. The lowest BCUT2D eigenvalue weighted by molar-refractivity contribution is 1.44. The third kappa shape index (κ3) is 9.42. The van der Waals surface area contributed by atoms with Crippen LogP contribution in [0, 0.1) is 76.3 Å². The highest BCUT2D eigenvalue weighted by molar-refractivity contribution is 6.47. The van der Waals surface area contributed by atoms with Gasteiger partial charge < -0.3 is 0 Å². The molecule has 120 heavy (non-hydrogen) atoms. The smallest absolute Gasteiger partial charge is 0.0000932 e. The number of hydrogen-bond donors (Lipinski definition) is 0. The van der Waals surface area contributed by atoms with E-state index < -0.39 is 0 Å². The van der Waals surface area contributed by atoms with Crippen LogP contribution in [0.5, 0.6) is 0 Å². The number of hydrogen-bond acceptors (Lipinski definition) is 0. The lowest BCUT2D eigenvalue weighted by Crippen LogP contribution is -2.02. The van der Waals surface area contributed by atoms with Gasteiger partial charge in [0.25, 0.3) is 0 Å². The molecule has 0 fully saturated rings. The van der Waals surface area contributed by atoms with Crippen molar-refractivity contribution in [1.29, 1.82) is 0 Å². The second-order valence-electron chi connectivity index (χ2n) is 34.6. The Kier molecular flexibility index (Phi) is 14.6. The predicted octanol–water partition coefficient (Wildman–Crippen LogP) is 33.2. The van der Waals surface area contributed by atoms with Crippen molar-refractivity contribution in [3.63, 3.8) is 0 Å². The molecular formula is C120H80. The van der Waals surface area contributed by atoms with Gasteiger partial charge in [-0.2, -0.15) is 0 Å². The van der Waals surface area contributed by atoms with Gasteiger partial charge in [0.1, 0.15) is 0 Å². The van der Waals surface area contributed by atoms with Crippen molar-refractivity contribution in [3.05, 3.63) is 405 Å². The molecule has 0 atom stereocenters. The molecule has 0 spiro atoms. The number of aryl methyl sites for hydroxylation is 8. The fourth-order valence-electron chi connectivity index (χ4n) is 22.6. The van der Waals surface area contributed by atoms with Crippen molar-refractivity contribution in [2.24, 2.45) is 0 Å². The molecule has 0 amide bonds. The standard InChI is InChI=1S/C120H80/c1-65-29-41-77(42-30-65)99-100(78-43-31-66(2)32-44-78)104(82-51-39-70(6)40-52-82)116-94-64-62-90-98-72(8)96-88-58-54-84-86-56-60-92-113-91(59-55-85(110(86)113)83-53-57-87(111(88)109(83)84)95(96)71(7)97(98)89-61-63-93(114(94)112(89)90)115(116)103(99)81-49-37-69(5)38-50-81)117-107(75-25-17-11-18-26-75)119-105(73-21-13-9-14-22-73)101(79-45-33-67(3)34-46-79)102(80-47-35-68(4)36-48-80)106(74-23-15-10-16-24-74)120(119)108(118(92)117)76-27-19-12-20-28-76/h9-64H,1-8H3. The van der Waals surface area contributed by atoms with Gasteiger partial charge in [-0.25, -0.2) is 0 Å². The van der Waals surface area contributed by atoms with Crippen molar-refractivity contribution in [3.8, 4) is 134 Å². The first kappa shape index (κ1) is 68.6. The second kappa shape index (κ2) is 25.5. The van der Waals surface area contributed by atoms with E-state index in [-0.39, 0.29) is 0 Å². The Labute approximate surface area is 696 Å². The van der Waals surface area contributed by atoms with Gasteiger partial charge in [-0.05, 0) is 329 Å². The Morgan fingerprint density at radius 2 is 0.333 bits per heavy atom. The van der Waals surface area contributed by atoms with E-state index in [4.69, 9.17) is 0 Å². The minimum atomic E-state index is 1.18. The molecule has 2 aliphatic carbocycles. The van der Waals surface area contributed by atoms with Gasteiger partial charge in [-0.1, -0.05) is 373 Å². The zero-order chi connectivity index (χ0) is 79.9. The number of fused-ring (bicyclic) bond motifs is 13. The van der Waals surface area contributed by atoms with E-state index in [1.54, 1.807) is 0 Å². The molecule has 0 radical (unpaired) electrons. The molecule has 0 nitrogen and oxygen atoms in total. The largest absolute Gasteiger partial charge is 0.0622 e. The van der Waals surface area contributed by atoms with E-state index >= 15 is 0 Å². The molecule has 23 aromatic carbocycles. The second-order valence-corrected chi connectivity index (χ2v) is 34.6. The SMILES string of the molecule is Cc1ccc(-c2c(-c3ccc(C)cc3)c(-c3ccc(C)cc3)c3c(c2-c2ccc(C)cc2)-c2ccc4c5c(C)c6c7ccc8c9ccc%10c%11c(ccc(c%12ccc(c6c(C)c5c5ccc-3c2c45)c7c8%12)c%119)=c2c(-c3ccccc3)c3c(-c4ccccc4)c(-c4ccc(C)cc4)c(-c4ccc(C)cc4)c(-c4ccccc4)c3c(-c3ccccc3)c2=%10)cc1. The summed E-state index contributed by atoms with van der Waals surface area (Å²) in [7, 11) is 0. The van der Waals surface area contributed by atoms with Crippen LogP contribution in [-0.4, -0.2) is 0 Å². The summed E-state index contributed by atoms with van der Waals surface area (Å²) in [5.41, 5.74) is 39.8. The van der Waals surface area contributed by atoms with Crippen LogP contribution < -0.4 is 0 Å². The zero-order valence-corrected chi connectivity index (χ0v) is 68.3. The fraction of sp³-hybridized carbons (Fsp3) is 0.0667. The third-order valence-electron chi connectivity index (χ3n) is 27.8. The molecule has 560 valence electrons. The molecule has 0 unspecified atom stereocenters. The summed E-state index contributed by atoms with van der Waals surface area (Å²) >= 11 is 0. The van der Waals surface area contributed by atoms with Crippen LogP contribution >= 0.6 is 0 Å². The Balaban J connectivity index is 0.786. The molecule has 0 heterocycles. The summed E-state index contributed by atoms with van der Waals surface area (Å²) in [6.45, 7) is 18.1. The van der Waals surface area contributed by atoms with Crippen molar-refractivity contribution in [2.75, 3.05) is 0 Å². The predicted molar refractivity (Wildman–Crippen MR) is 514 cm³/mol.